The third kappa shape index (κ3) is 9.19. The summed E-state index contributed by atoms with van der Waals surface area (Å²) in [7, 11) is 0. The summed E-state index contributed by atoms with van der Waals surface area (Å²) in [5, 5.41) is 2.48. The molecule has 1 aliphatic rings. The fourth-order valence-electron chi connectivity index (χ4n) is 5.44. The van der Waals surface area contributed by atoms with Crippen molar-refractivity contribution < 1.29 is 42.9 Å². The minimum absolute atomic E-state index is 0.0171. The van der Waals surface area contributed by atoms with E-state index < -0.39 is 48.7 Å². The minimum Gasteiger partial charge on any atom is -0.460 e. The summed E-state index contributed by atoms with van der Waals surface area (Å²) in [4.78, 5) is 63.5. The Bertz CT molecular complexity index is 1780. The van der Waals surface area contributed by atoms with Gasteiger partial charge in [-0.05, 0) is 60.7 Å². The van der Waals surface area contributed by atoms with E-state index >= 15 is 0 Å². The van der Waals surface area contributed by atoms with Crippen LogP contribution in [0.5, 0.6) is 0 Å². The second-order valence-corrected chi connectivity index (χ2v) is 12.5. The van der Waals surface area contributed by atoms with Gasteiger partial charge in [-0.1, -0.05) is 91.0 Å². The molecular formula is C39H37NO9. The average Bonchev–Trinajstić information content (AvgIpc) is 3.41. The maximum Gasteiger partial charge on any atom is 0.407 e. The molecule has 10 heteroatoms. The van der Waals surface area contributed by atoms with Crippen LogP contribution in [0.1, 0.15) is 70.5 Å². The molecule has 1 amide bonds. The standard InChI is InChI=1S/C39H37NO9/c1-39(2,3)49-35(42)21-33(40-38(45)48-23-32-30-15-9-7-13-28(30)29-14-8-10-16-31(29)32)37(44)46-22-25-17-19-27(20-18-25)36(43)47-24-34(41)26-11-5-4-6-12-26/h4-20,32-33H,21-24H2,1-3H3,(H,40,45)/t33-/m0/s1. The van der Waals surface area contributed by atoms with Gasteiger partial charge in [-0.3, -0.25) is 9.59 Å². The summed E-state index contributed by atoms with van der Waals surface area (Å²) in [6.07, 6.45) is -1.37. The Labute approximate surface area is 284 Å². The molecule has 5 rings (SSSR count). The molecule has 0 heterocycles. The van der Waals surface area contributed by atoms with E-state index in [2.05, 4.69) is 5.32 Å². The third-order valence-corrected chi connectivity index (χ3v) is 7.71. The first-order chi connectivity index (χ1) is 23.5. The van der Waals surface area contributed by atoms with Crippen molar-refractivity contribution in [1.29, 1.82) is 0 Å². The van der Waals surface area contributed by atoms with Crippen LogP contribution in [-0.2, 0) is 35.1 Å². The normalized spacial score (nSPS) is 12.6. The summed E-state index contributed by atoms with van der Waals surface area (Å²) in [5.41, 5.74) is 4.56. The van der Waals surface area contributed by atoms with Crippen LogP contribution in [0.3, 0.4) is 0 Å². The van der Waals surface area contributed by atoms with Gasteiger partial charge in [0.25, 0.3) is 0 Å². The molecule has 4 aromatic carbocycles. The molecule has 1 aliphatic carbocycles. The van der Waals surface area contributed by atoms with Crippen molar-refractivity contribution in [2.45, 2.75) is 51.4 Å². The van der Waals surface area contributed by atoms with Crippen LogP contribution in [0, 0.1) is 0 Å². The molecule has 0 fully saturated rings. The lowest BCUT2D eigenvalue weighted by molar-refractivity contribution is -0.160. The maximum absolute atomic E-state index is 13.2. The molecule has 252 valence electrons. The van der Waals surface area contributed by atoms with Gasteiger partial charge >= 0.3 is 24.0 Å². The van der Waals surface area contributed by atoms with Crippen LogP contribution in [0.25, 0.3) is 11.1 Å². The Hall–Kier alpha value is -5.77. The maximum atomic E-state index is 13.2. The molecule has 10 nitrogen and oxygen atoms in total. The molecule has 1 N–H and O–H groups in total. The van der Waals surface area contributed by atoms with Gasteiger partial charge in [0.05, 0.1) is 12.0 Å². The van der Waals surface area contributed by atoms with Crippen molar-refractivity contribution in [2.75, 3.05) is 13.2 Å². The number of Topliss-reactive ketones (excluding diaryl/α,β-unsaturated/α-hetero) is 1. The fourth-order valence-corrected chi connectivity index (χ4v) is 5.44. The number of ketones is 1. The molecule has 4 aromatic rings. The Morgan fingerprint density at radius 3 is 1.90 bits per heavy atom. The lowest BCUT2D eigenvalue weighted by Crippen LogP contribution is -2.44. The van der Waals surface area contributed by atoms with Gasteiger partial charge in [0.1, 0.15) is 24.9 Å². The number of nitrogens with one attached hydrogen (secondary N) is 1. The molecule has 1 atom stereocenters. The van der Waals surface area contributed by atoms with E-state index in [1.165, 1.54) is 12.1 Å². The van der Waals surface area contributed by atoms with E-state index in [4.69, 9.17) is 18.9 Å². The topological polar surface area (TPSA) is 134 Å². The monoisotopic (exact) mass is 663 g/mol. The van der Waals surface area contributed by atoms with Crippen LogP contribution in [-0.4, -0.2) is 54.6 Å². The van der Waals surface area contributed by atoms with Crippen molar-refractivity contribution in [3.05, 3.63) is 131 Å². The summed E-state index contributed by atoms with van der Waals surface area (Å²) in [5.74, 6) is -2.79. The number of carbonyl (C=O) groups excluding carboxylic acids is 5. The molecule has 0 radical (unpaired) electrons. The fraction of sp³-hybridized carbons (Fsp3) is 0.256. The molecule has 0 unspecified atom stereocenters. The van der Waals surface area contributed by atoms with E-state index in [-0.39, 0.29) is 30.5 Å². The molecule has 0 saturated carbocycles. The van der Waals surface area contributed by atoms with Gasteiger partial charge in [0.2, 0.25) is 0 Å². The molecule has 0 spiro atoms. The second kappa shape index (κ2) is 15.4. The molecule has 0 aromatic heterocycles. The van der Waals surface area contributed by atoms with E-state index in [1.807, 2.05) is 48.5 Å². The molecule has 49 heavy (non-hydrogen) atoms. The number of benzene rings is 4. The highest BCUT2D eigenvalue weighted by Gasteiger charge is 2.32. The molecule has 0 bridgehead atoms. The SMILES string of the molecule is CC(C)(C)OC(=O)C[C@H](NC(=O)OCC1c2ccccc2-c2ccccc21)C(=O)OCc1ccc(C(=O)OCC(=O)c2ccccc2)cc1. The average molecular weight is 664 g/mol. The Morgan fingerprint density at radius 2 is 1.29 bits per heavy atom. The van der Waals surface area contributed by atoms with Gasteiger partial charge < -0.3 is 24.3 Å². The number of ether oxygens (including phenoxy) is 4. The van der Waals surface area contributed by atoms with E-state index in [0.29, 0.717) is 11.1 Å². The Kier molecular flexibility index (Phi) is 10.9. The second-order valence-electron chi connectivity index (χ2n) is 12.5. The smallest absolute Gasteiger partial charge is 0.407 e. The van der Waals surface area contributed by atoms with Gasteiger partial charge in [-0.25, -0.2) is 14.4 Å². The first-order valence-electron chi connectivity index (χ1n) is 15.8. The van der Waals surface area contributed by atoms with Crippen LogP contribution >= 0.6 is 0 Å². The highest BCUT2D eigenvalue weighted by molar-refractivity contribution is 5.99. The first-order valence-corrected chi connectivity index (χ1v) is 15.8. The van der Waals surface area contributed by atoms with Crippen molar-refractivity contribution >= 4 is 29.8 Å². The van der Waals surface area contributed by atoms with Crippen molar-refractivity contribution in [1.82, 2.24) is 5.32 Å². The lowest BCUT2D eigenvalue weighted by atomic mass is 9.98. The number of alkyl carbamates (subject to hydrolysis) is 1. The summed E-state index contributed by atoms with van der Waals surface area (Å²) < 4.78 is 21.5. The minimum atomic E-state index is -1.39. The van der Waals surface area contributed by atoms with Gasteiger partial charge in [-0.15, -0.1) is 0 Å². The number of hydrogen-bond acceptors (Lipinski definition) is 9. The number of esters is 3. The van der Waals surface area contributed by atoms with Crippen LogP contribution in [0.15, 0.2) is 103 Å². The number of amides is 1. The van der Waals surface area contributed by atoms with Crippen LogP contribution in [0.4, 0.5) is 4.79 Å². The highest BCUT2D eigenvalue weighted by Crippen LogP contribution is 2.44. The molecule has 0 aliphatic heterocycles. The van der Waals surface area contributed by atoms with E-state index in [0.717, 1.165) is 22.3 Å². The predicted molar refractivity (Wildman–Crippen MR) is 180 cm³/mol. The first kappa shape index (κ1) is 34.6. The molecular weight excluding hydrogens is 626 g/mol. The zero-order chi connectivity index (χ0) is 35.0. The highest BCUT2D eigenvalue weighted by atomic mass is 16.6. The number of fused-ring (bicyclic) bond motifs is 3. The zero-order valence-electron chi connectivity index (χ0n) is 27.5. The molecule has 0 saturated heterocycles. The lowest BCUT2D eigenvalue weighted by Gasteiger charge is -2.22. The largest absolute Gasteiger partial charge is 0.460 e. The van der Waals surface area contributed by atoms with Crippen molar-refractivity contribution in [3.63, 3.8) is 0 Å². The summed E-state index contributed by atoms with van der Waals surface area (Å²) >= 11 is 0. The van der Waals surface area contributed by atoms with Gasteiger partial charge in [-0.2, -0.15) is 0 Å². The van der Waals surface area contributed by atoms with E-state index in [9.17, 15) is 24.0 Å². The zero-order valence-corrected chi connectivity index (χ0v) is 27.5. The number of rotatable bonds is 12. The van der Waals surface area contributed by atoms with Crippen molar-refractivity contribution in [3.8, 4) is 11.1 Å². The Balaban J connectivity index is 1.17. The van der Waals surface area contributed by atoms with Crippen molar-refractivity contribution in [2.24, 2.45) is 0 Å². The van der Waals surface area contributed by atoms with Gasteiger partial charge in [0, 0.05) is 11.5 Å². The van der Waals surface area contributed by atoms with E-state index in [1.54, 1.807) is 63.2 Å². The van der Waals surface area contributed by atoms with Crippen LogP contribution in [0.2, 0.25) is 0 Å². The quantitative estimate of drug-likeness (QED) is 0.104. The summed E-state index contributed by atoms with van der Waals surface area (Å²) in [6, 6.07) is 29.0. The third-order valence-electron chi connectivity index (χ3n) is 7.71. The summed E-state index contributed by atoms with van der Waals surface area (Å²) in [6.45, 7) is 4.48. The number of hydrogen-bond donors (Lipinski definition) is 1. The van der Waals surface area contributed by atoms with Crippen LogP contribution < -0.4 is 5.32 Å². The predicted octanol–water partition coefficient (Wildman–Crippen LogP) is 6.41. The van der Waals surface area contributed by atoms with Gasteiger partial charge in [0.15, 0.2) is 12.4 Å². The Morgan fingerprint density at radius 1 is 0.694 bits per heavy atom. The number of carbonyl (C=O) groups is 5.